The van der Waals surface area contributed by atoms with Crippen molar-refractivity contribution < 1.29 is 13.2 Å². The van der Waals surface area contributed by atoms with Crippen LogP contribution in [-0.2, 0) is 14.8 Å². The lowest BCUT2D eigenvalue weighted by Crippen LogP contribution is -2.54. The molecule has 1 aromatic heterocycles. The van der Waals surface area contributed by atoms with Gasteiger partial charge in [-0.1, -0.05) is 24.9 Å². The normalized spacial score (nSPS) is 18.4. The Labute approximate surface area is 139 Å². The van der Waals surface area contributed by atoms with E-state index < -0.39 is 16.1 Å². The van der Waals surface area contributed by atoms with Crippen LogP contribution in [0.5, 0.6) is 0 Å². The van der Waals surface area contributed by atoms with Crippen molar-refractivity contribution in [1.29, 1.82) is 0 Å². The molecule has 0 saturated carbocycles. The zero-order valence-electron chi connectivity index (χ0n) is 12.4. The lowest BCUT2D eigenvalue weighted by molar-refractivity contribution is -0.133. The molecule has 1 unspecified atom stereocenters. The maximum atomic E-state index is 12.5. The monoisotopic (exact) mass is 365 g/mol. The van der Waals surface area contributed by atoms with E-state index in [1.807, 2.05) is 6.92 Å². The molecule has 1 aromatic rings. The van der Waals surface area contributed by atoms with Crippen molar-refractivity contribution in [1.82, 2.24) is 9.21 Å². The molecule has 1 aliphatic rings. The minimum Gasteiger partial charge on any atom is -0.339 e. The summed E-state index contributed by atoms with van der Waals surface area (Å²) in [4.78, 5) is 13.8. The van der Waals surface area contributed by atoms with E-state index in [1.165, 1.54) is 10.4 Å². The highest BCUT2D eigenvalue weighted by atomic mass is 35.5. The highest BCUT2D eigenvalue weighted by Crippen LogP contribution is 2.28. The number of carbonyl (C=O) groups excluding carboxylic acids is 1. The number of piperazine rings is 1. The quantitative estimate of drug-likeness (QED) is 0.853. The third-order valence-electron chi connectivity index (χ3n) is 3.61. The number of thiophene rings is 1. The molecule has 9 heteroatoms. The molecule has 22 heavy (non-hydrogen) atoms. The van der Waals surface area contributed by atoms with Gasteiger partial charge in [0.15, 0.2) is 0 Å². The van der Waals surface area contributed by atoms with E-state index in [-0.39, 0.29) is 23.2 Å². The van der Waals surface area contributed by atoms with Gasteiger partial charge < -0.3 is 10.6 Å². The van der Waals surface area contributed by atoms with Crippen LogP contribution >= 0.6 is 22.9 Å². The fourth-order valence-electron chi connectivity index (χ4n) is 2.38. The second-order valence-electron chi connectivity index (χ2n) is 5.18. The zero-order chi connectivity index (χ0) is 16.3. The van der Waals surface area contributed by atoms with Crippen molar-refractivity contribution >= 4 is 38.9 Å². The molecular formula is C13H20ClN3O3S2. The van der Waals surface area contributed by atoms with Gasteiger partial charge in [0.25, 0.3) is 10.0 Å². The van der Waals surface area contributed by atoms with Gasteiger partial charge >= 0.3 is 0 Å². The average Bonchev–Trinajstić information content (AvgIpc) is 2.94. The van der Waals surface area contributed by atoms with Gasteiger partial charge in [0.2, 0.25) is 5.91 Å². The van der Waals surface area contributed by atoms with Crippen molar-refractivity contribution in [3.05, 3.63) is 16.5 Å². The summed E-state index contributed by atoms with van der Waals surface area (Å²) in [6, 6.07) is 2.59. The van der Waals surface area contributed by atoms with E-state index in [1.54, 1.807) is 11.0 Å². The first-order valence-electron chi connectivity index (χ1n) is 7.16. The third kappa shape index (κ3) is 3.80. The first-order chi connectivity index (χ1) is 10.4. The van der Waals surface area contributed by atoms with E-state index in [9.17, 15) is 13.2 Å². The standard InChI is InChI=1S/C13H20ClN3O3S2/c1-2-3-10(15)13(18)16-6-8-17(9-7-16)22(19,20)12-5-4-11(14)21-12/h4-5,10H,2-3,6-9,15H2,1H3. The predicted molar refractivity (Wildman–Crippen MR) is 87.6 cm³/mol. The van der Waals surface area contributed by atoms with Crippen molar-refractivity contribution in [2.45, 2.75) is 30.0 Å². The van der Waals surface area contributed by atoms with Crippen LogP contribution in [0.2, 0.25) is 4.34 Å². The van der Waals surface area contributed by atoms with Crippen LogP contribution in [0.3, 0.4) is 0 Å². The van der Waals surface area contributed by atoms with E-state index in [0.717, 1.165) is 17.8 Å². The molecule has 0 aliphatic carbocycles. The lowest BCUT2D eigenvalue weighted by Gasteiger charge is -2.34. The van der Waals surface area contributed by atoms with Crippen molar-refractivity contribution in [3.63, 3.8) is 0 Å². The topological polar surface area (TPSA) is 83.7 Å². The zero-order valence-corrected chi connectivity index (χ0v) is 14.8. The Morgan fingerprint density at radius 2 is 2.00 bits per heavy atom. The summed E-state index contributed by atoms with van der Waals surface area (Å²) in [5, 5.41) is 0. The van der Waals surface area contributed by atoms with Gasteiger partial charge in [-0.15, -0.1) is 11.3 Å². The predicted octanol–water partition coefficient (Wildman–Crippen LogP) is 1.36. The summed E-state index contributed by atoms with van der Waals surface area (Å²) in [5.41, 5.74) is 5.84. The smallest absolute Gasteiger partial charge is 0.252 e. The van der Waals surface area contributed by atoms with Crippen LogP contribution in [0.25, 0.3) is 0 Å². The number of nitrogens with zero attached hydrogens (tertiary/aromatic N) is 2. The number of hydrogen-bond acceptors (Lipinski definition) is 5. The number of amides is 1. The van der Waals surface area contributed by atoms with E-state index in [2.05, 4.69) is 0 Å². The Morgan fingerprint density at radius 3 is 2.50 bits per heavy atom. The molecule has 1 aliphatic heterocycles. The lowest BCUT2D eigenvalue weighted by atomic mass is 10.1. The number of carbonyl (C=O) groups is 1. The fourth-order valence-corrected chi connectivity index (χ4v) is 5.44. The number of nitrogens with two attached hydrogens (primary N) is 1. The van der Waals surface area contributed by atoms with Crippen LogP contribution in [0, 0.1) is 0 Å². The molecule has 0 spiro atoms. The van der Waals surface area contributed by atoms with Crippen LogP contribution in [0.4, 0.5) is 0 Å². The number of sulfonamides is 1. The van der Waals surface area contributed by atoms with Gasteiger partial charge in [-0.25, -0.2) is 8.42 Å². The average molecular weight is 366 g/mol. The molecule has 1 saturated heterocycles. The molecular weight excluding hydrogens is 346 g/mol. The highest BCUT2D eigenvalue weighted by Gasteiger charge is 2.32. The molecule has 1 fully saturated rings. The van der Waals surface area contributed by atoms with Gasteiger partial charge in [0, 0.05) is 26.2 Å². The molecule has 0 bridgehead atoms. The summed E-state index contributed by atoms with van der Waals surface area (Å²) in [6.07, 6.45) is 1.49. The van der Waals surface area contributed by atoms with Gasteiger partial charge in [0.1, 0.15) is 4.21 Å². The van der Waals surface area contributed by atoms with E-state index in [4.69, 9.17) is 17.3 Å². The minimum atomic E-state index is -3.52. The summed E-state index contributed by atoms with van der Waals surface area (Å²) in [7, 11) is -3.52. The SMILES string of the molecule is CCCC(N)C(=O)N1CCN(S(=O)(=O)c2ccc(Cl)s2)CC1. The summed E-state index contributed by atoms with van der Waals surface area (Å²) >= 11 is 6.85. The second kappa shape index (κ2) is 7.27. The molecule has 0 radical (unpaired) electrons. The largest absolute Gasteiger partial charge is 0.339 e. The first kappa shape index (κ1) is 17.7. The Bertz CT molecular complexity index is 624. The number of halogens is 1. The maximum absolute atomic E-state index is 12.5. The van der Waals surface area contributed by atoms with Crippen molar-refractivity contribution in [2.24, 2.45) is 5.73 Å². The number of hydrogen-bond donors (Lipinski definition) is 1. The second-order valence-corrected chi connectivity index (χ2v) is 9.06. The molecule has 2 rings (SSSR count). The van der Waals surface area contributed by atoms with Crippen LogP contribution in [-0.4, -0.2) is 55.8 Å². The van der Waals surface area contributed by atoms with Gasteiger partial charge in [-0.2, -0.15) is 4.31 Å². The summed E-state index contributed by atoms with van der Waals surface area (Å²) in [5.74, 6) is -0.0990. The number of rotatable bonds is 5. The maximum Gasteiger partial charge on any atom is 0.252 e. The molecule has 2 N–H and O–H groups in total. The summed E-state index contributed by atoms with van der Waals surface area (Å²) < 4.78 is 27.0. The van der Waals surface area contributed by atoms with Crippen molar-refractivity contribution in [3.8, 4) is 0 Å². The van der Waals surface area contributed by atoms with E-state index in [0.29, 0.717) is 23.8 Å². The Morgan fingerprint density at radius 1 is 1.36 bits per heavy atom. The first-order valence-corrected chi connectivity index (χ1v) is 9.79. The molecule has 0 aromatic carbocycles. The molecule has 1 amide bonds. The highest BCUT2D eigenvalue weighted by molar-refractivity contribution is 7.91. The third-order valence-corrected chi connectivity index (χ3v) is 7.21. The van der Waals surface area contributed by atoms with E-state index >= 15 is 0 Å². The van der Waals surface area contributed by atoms with Gasteiger partial charge in [-0.3, -0.25) is 4.79 Å². The Kier molecular flexibility index (Phi) is 5.84. The molecule has 6 nitrogen and oxygen atoms in total. The minimum absolute atomic E-state index is 0.0990. The summed E-state index contributed by atoms with van der Waals surface area (Å²) in [6.45, 7) is 3.28. The van der Waals surface area contributed by atoms with Gasteiger partial charge in [0.05, 0.1) is 10.4 Å². The van der Waals surface area contributed by atoms with Crippen LogP contribution in [0.1, 0.15) is 19.8 Å². The fraction of sp³-hybridized carbons (Fsp3) is 0.615. The molecule has 1 atom stereocenters. The van der Waals surface area contributed by atoms with Crippen LogP contribution < -0.4 is 5.73 Å². The van der Waals surface area contributed by atoms with Crippen LogP contribution in [0.15, 0.2) is 16.3 Å². The Hall–Kier alpha value is -0.670. The van der Waals surface area contributed by atoms with Crippen molar-refractivity contribution in [2.75, 3.05) is 26.2 Å². The Balaban J connectivity index is 1.99. The molecule has 2 heterocycles. The van der Waals surface area contributed by atoms with Gasteiger partial charge in [-0.05, 0) is 18.6 Å². The molecule has 124 valence electrons.